The number of aromatic amines is 1. The van der Waals surface area contributed by atoms with E-state index in [0.717, 1.165) is 41.1 Å². The number of hydrogen-bond acceptors (Lipinski definition) is 3. The van der Waals surface area contributed by atoms with E-state index in [1.807, 2.05) is 18.3 Å². The van der Waals surface area contributed by atoms with Crippen LogP contribution in [0.15, 0.2) is 48.7 Å². The van der Waals surface area contributed by atoms with E-state index in [1.54, 1.807) is 0 Å². The number of benzene rings is 1. The van der Waals surface area contributed by atoms with E-state index in [-0.39, 0.29) is 5.91 Å². The van der Waals surface area contributed by atoms with Crippen molar-refractivity contribution in [3.63, 3.8) is 0 Å². The second-order valence-electron chi connectivity index (χ2n) is 7.36. The Labute approximate surface area is 180 Å². The van der Waals surface area contributed by atoms with Gasteiger partial charge in [-0.3, -0.25) is 9.78 Å². The van der Waals surface area contributed by atoms with Crippen LogP contribution in [-0.2, 0) is 17.6 Å². The molecule has 1 aliphatic carbocycles. The number of H-pyrrole nitrogens is 1. The van der Waals surface area contributed by atoms with Gasteiger partial charge < -0.3 is 15.4 Å². The zero-order valence-electron chi connectivity index (χ0n) is 16.7. The van der Waals surface area contributed by atoms with Crippen LogP contribution in [0, 0.1) is 0 Å². The zero-order valence-corrected chi connectivity index (χ0v) is 16.7. The lowest BCUT2D eigenvalue weighted by atomic mass is 10.1. The van der Waals surface area contributed by atoms with E-state index in [9.17, 15) is 18.0 Å². The molecule has 0 fully saturated rings. The first kappa shape index (κ1) is 21.4. The molecule has 2 aliphatic rings. The minimum Gasteiger partial charge on any atom is -0.475 e. The number of pyridine rings is 1. The summed E-state index contributed by atoms with van der Waals surface area (Å²) in [6.07, 6.45) is 0.735. The molecule has 0 spiro atoms. The number of aliphatic carboxylic acids is 1. The van der Waals surface area contributed by atoms with Gasteiger partial charge in [0.2, 0.25) is 0 Å². The Balaban J connectivity index is 0.000000307. The lowest BCUT2D eigenvalue weighted by Crippen LogP contribution is -2.31. The molecule has 3 heterocycles. The monoisotopic (exact) mass is 441 g/mol. The van der Waals surface area contributed by atoms with Crippen LogP contribution in [0.5, 0.6) is 0 Å². The maximum absolute atomic E-state index is 12.0. The molecule has 3 aromatic rings. The van der Waals surface area contributed by atoms with Gasteiger partial charge in [-0.15, -0.1) is 0 Å². The minimum atomic E-state index is -5.08. The van der Waals surface area contributed by atoms with Gasteiger partial charge in [-0.25, -0.2) is 4.79 Å². The summed E-state index contributed by atoms with van der Waals surface area (Å²) in [7, 11) is 0. The Morgan fingerprint density at radius 3 is 2.56 bits per heavy atom. The van der Waals surface area contributed by atoms with E-state index in [2.05, 4.69) is 51.7 Å². The number of carbonyl (C=O) groups is 2. The number of rotatable bonds is 2. The van der Waals surface area contributed by atoms with Crippen LogP contribution in [0.2, 0.25) is 0 Å². The number of allylic oxidation sites excluding steroid dienone is 1. The third kappa shape index (κ3) is 4.41. The summed E-state index contributed by atoms with van der Waals surface area (Å²) in [6, 6.07) is 14.5. The quantitative estimate of drug-likeness (QED) is 0.558. The summed E-state index contributed by atoms with van der Waals surface area (Å²) in [6.45, 7) is 0.693. The summed E-state index contributed by atoms with van der Waals surface area (Å²) in [5, 5.41) is 10.0. The van der Waals surface area contributed by atoms with E-state index in [0.29, 0.717) is 6.54 Å². The van der Waals surface area contributed by atoms with E-state index in [1.165, 1.54) is 16.7 Å². The van der Waals surface area contributed by atoms with Crippen molar-refractivity contribution in [3.8, 4) is 11.3 Å². The second-order valence-corrected chi connectivity index (χ2v) is 7.36. The highest BCUT2D eigenvalue weighted by molar-refractivity contribution is 5.98. The van der Waals surface area contributed by atoms with Gasteiger partial charge in [-0.2, -0.15) is 13.2 Å². The highest BCUT2D eigenvalue weighted by Crippen LogP contribution is 2.32. The van der Waals surface area contributed by atoms with Gasteiger partial charge in [-0.1, -0.05) is 24.3 Å². The van der Waals surface area contributed by atoms with E-state index >= 15 is 0 Å². The zero-order chi connectivity index (χ0) is 22.9. The van der Waals surface area contributed by atoms with Crippen molar-refractivity contribution in [2.24, 2.45) is 0 Å². The van der Waals surface area contributed by atoms with Gasteiger partial charge in [0, 0.05) is 42.5 Å². The van der Waals surface area contributed by atoms with Crippen molar-refractivity contribution in [2.45, 2.75) is 19.0 Å². The smallest absolute Gasteiger partial charge is 0.475 e. The Bertz CT molecular complexity index is 1230. The fourth-order valence-corrected chi connectivity index (χ4v) is 3.67. The van der Waals surface area contributed by atoms with Gasteiger partial charge in [0.05, 0.1) is 11.3 Å². The summed E-state index contributed by atoms with van der Waals surface area (Å²) in [5.74, 6) is -2.75. The molecule has 2 aromatic heterocycles. The van der Waals surface area contributed by atoms with Crippen LogP contribution in [-0.4, -0.2) is 39.7 Å². The van der Waals surface area contributed by atoms with E-state index in [4.69, 9.17) is 9.90 Å². The van der Waals surface area contributed by atoms with Crippen molar-refractivity contribution >= 4 is 23.5 Å². The second kappa shape index (κ2) is 8.33. The number of carbonyl (C=O) groups excluding carboxylic acids is 1. The van der Waals surface area contributed by atoms with E-state index < -0.39 is 12.1 Å². The third-order valence-corrected chi connectivity index (χ3v) is 5.21. The highest BCUT2D eigenvalue weighted by Gasteiger charge is 2.38. The summed E-state index contributed by atoms with van der Waals surface area (Å²) in [4.78, 5) is 28.8. The minimum absolute atomic E-state index is 0.00646. The molecule has 9 heteroatoms. The van der Waals surface area contributed by atoms with Crippen LogP contribution >= 0.6 is 0 Å². The Morgan fingerprint density at radius 2 is 1.88 bits per heavy atom. The Hall–Kier alpha value is -3.88. The SMILES string of the molecule is O=C(O)C(F)(F)F.O=C1NCCc2[nH]c(-c3ccnc(C4=Cc5ccccc5C4)c3)cc21. The average Bonchev–Trinajstić information content (AvgIpc) is 3.39. The van der Waals surface area contributed by atoms with Gasteiger partial charge in [0.1, 0.15) is 0 Å². The molecule has 6 nitrogen and oxygen atoms in total. The van der Waals surface area contributed by atoms with Crippen LogP contribution in [0.3, 0.4) is 0 Å². The fraction of sp³-hybridized carbons (Fsp3) is 0.174. The van der Waals surface area contributed by atoms with Crippen LogP contribution in [0.4, 0.5) is 13.2 Å². The van der Waals surface area contributed by atoms with Crippen LogP contribution in [0.1, 0.15) is 32.9 Å². The predicted octanol–water partition coefficient (Wildman–Crippen LogP) is 4.09. The van der Waals surface area contributed by atoms with Crippen molar-refractivity contribution in [2.75, 3.05) is 6.54 Å². The normalized spacial score (nSPS) is 14.5. The van der Waals surface area contributed by atoms with Crippen molar-refractivity contribution in [1.29, 1.82) is 0 Å². The Kier molecular flexibility index (Phi) is 5.56. The number of hydrogen-bond donors (Lipinski definition) is 3. The molecule has 1 amide bonds. The molecule has 0 unspecified atom stereocenters. The van der Waals surface area contributed by atoms with Crippen LogP contribution in [0.25, 0.3) is 22.9 Å². The number of fused-ring (bicyclic) bond motifs is 2. The number of aromatic nitrogens is 2. The molecule has 0 atom stereocenters. The predicted molar refractivity (Wildman–Crippen MR) is 112 cm³/mol. The first-order chi connectivity index (χ1) is 15.2. The molecule has 32 heavy (non-hydrogen) atoms. The molecule has 0 saturated heterocycles. The van der Waals surface area contributed by atoms with Crippen molar-refractivity contribution in [1.82, 2.24) is 15.3 Å². The fourth-order valence-electron chi connectivity index (χ4n) is 3.67. The maximum Gasteiger partial charge on any atom is 0.490 e. The lowest BCUT2D eigenvalue weighted by Gasteiger charge is -2.11. The standard InChI is InChI=1S/C21H17N3O.C2HF3O2/c25-21-17-12-20(24-18(17)6-8-23-21)15-5-7-22-19(11-15)16-9-13-3-1-2-4-14(13)10-16;3-2(4,5)1(6)7/h1-5,7,9,11-12,24H,6,8,10H2,(H,23,25);(H,6,7). The number of nitrogens with zero attached hydrogens (tertiary/aromatic N) is 1. The average molecular weight is 441 g/mol. The number of carboxylic acids is 1. The first-order valence-electron chi connectivity index (χ1n) is 9.78. The molecule has 0 saturated carbocycles. The van der Waals surface area contributed by atoms with Gasteiger partial charge in [0.15, 0.2) is 0 Å². The molecular formula is C23H18F3N3O3. The lowest BCUT2D eigenvalue weighted by molar-refractivity contribution is -0.192. The number of alkyl halides is 3. The topological polar surface area (TPSA) is 95.1 Å². The number of nitrogens with one attached hydrogen (secondary N) is 2. The molecule has 0 radical (unpaired) electrons. The van der Waals surface area contributed by atoms with Crippen LogP contribution < -0.4 is 5.32 Å². The molecule has 3 N–H and O–H groups in total. The summed E-state index contributed by atoms with van der Waals surface area (Å²) >= 11 is 0. The maximum atomic E-state index is 12.0. The number of amides is 1. The number of halogens is 3. The molecule has 5 rings (SSSR count). The molecule has 164 valence electrons. The summed E-state index contributed by atoms with van der Waals surface area (Å²) in [5.41, 5.74) is 8.65. The molecule has 0 bridgehead atoms. The van der Waals surface area contributed by atoms with Gasteiger partial charge in [0.25, 0.3) is 5.91 Å². The van der Waals surface area contributed by atoms with Gasteiger partial charge in [-0.05, 0) is 41.0 Å². The summed E-state index contributed by atoms with van der Waals surface area (Å²) < 4.78 is 31.7. The largest absolute Gasteiger partial charge is 0.490 e. The molecular weight excluding hydrogens is 423 g/mol. The highest BCUT2D eigenvalue weighted by atomic mass is 19.4. The van der Waals surface area contributed by atoms with Gasteiger partial charge >= 0.3 is 12.1 Å². The first-order valence-corrected chi connectivity index (χ1v) is 9.78. The Morgan fingerprint density at radius 1 is 1.12 bits per heavy atom. The third-order valence-electron chi connectivity index (χ3n) is 5.21. The number of carboxylic acid groups (broad SMARTS) is 1. The van der Waals surface area contributed by atoms with Crippen molar-refractivity contribution < 1.29 is 27.9 Å². The molecule has 1 aliphatic heterocycles. The van der Waals surface area contributed by atoms with Crippen molar-refractivity contribution in [3.05, 3.63) is 76.7 Å². The molecule has 1 aromatic carbocycles.